The first-order valence-corrected chi connectivity index (χ1v) is 6.90. The van der Waals surface area contributed by atoms with Gasteiger partial charge in [-0.3, -0.25) is 0 Å². The summed E-state index contributed by atoms with van der Waals surface area (Å²) in [4.78, 5) is 5.64. The molecule has 2 nitrogen and oxygen atoms in total. The van der Waals surface area contributed by atoms with Crippen LogP contribution in [0.25, 0.3) is 10.6 Å². The maximum atomic E-state index is 13.0. The Balaban J connectivity index is 2.49. The Kier molecular flexibility index (Phi) is 3.91. The number of halogens is 2. The van der Waals surface area contributed by atoms with Crippen molar-refractivity contribution < 1.29 is 4.39 Å². The van der Waals surface area contributed by atoms with Crippen molar-refractivity contribution in [3.8, 4) is 10.6 Å². The van der Waals surface area contributed by atoms with Gasteiger partial charge in [0.25, 0.3) is 0 Å². The highest BCUT2D eigenvalue weighted by molar-refractivity contribution is 9.10. The summed E-state index contributed by atoms with van der Waals surface area (Å²) in [5, 5.41) is 0.883. The molecule has 0 radical (unpaired) electrons. The molecule has 1 heterocycles. The number of nitrogens with zero attached hydrogens (tertiary/aromatic N) is 1. The Hall–Kier alpha value is -0.780. The van der Waals surface area contributed by atoms with Crippen LogP contribution in [0, 0.1) is 5.82 Å². The van der Waals surface area contributed by atoms with Crippen molar-refractivity contribution in [1.82, 2.24) is 4.98 Å². The minimum atomic E-state index is -0.257. The molecular formula is C12H12BrFN2S. The van der Waals surface area contributed by atoms with Crippen LogP contribution in [0.5, 0.6) is 0 Å². The Morgan fingerprint density at radius 3 is 2.76 bits per heavy atom. The normalized spacial score (nSPS) is 10.8. The second-order valence-electron chi connectivity index (χ2n) is 3.57. The molecule has 1 aromatic carbocycles. The van der Waals surface area contributed by atoms with E-state index >= 15 is 0 Å². The molecule has 0 aliphatic rings. The predicted molar refractivity (Wildman–Crippen MR) is 72.5 cm³/mol. The third-order valence-electron chi connectivity index (χ3n) is 2.46. The van der Waals surface area contributed by atoms with Gasteiger partial charge in [-0.1, -0.05) is 6.92 Å². The van der Waals surface area contributed by atoms with E-state index in [9.17, 15) is 4.39 Å². The van der Waals surface area contributed by atoms with Gasteiger partial charge in [-0.25, -0.2) is 9.37 Å². The van der Waals surface area contributed by atoms with Crippen LogP contribution in [0.4, 0.5) is 4.39 Å². The summed E-state index contributed by atoms with van der Waals surface area (Å²) in [5.74, 6) is -0.257. The van der Waals surface area contributed by atoms with Crippen LogP contribution in [0.15, 0.2) is 22.7 Å². The van der Waals surface area contributed by atoms with Gasteiger partial charge in [0.05, 0.1) is 5.69 Å². The molecule has 17 heavy (non-hydrogen) atoms. The van der Waals surface area contributed by atoms with E-state index in [1.165, 1.54) is 12.1 Å². The van der Waals surface area contributed by atoms with Gasteiger partial charge >= 0.3 is 0 Å². The summed E-state index contributed by atoms with van der Waals surface area (Å²) in [6.07, 6.45) is 0.863. The molecule has 5 heteroatoms. The summed E-state index contributed by atoms with van der Waals surface area (Å²) >= 11 is 4.93. The summed E-state index contributed by atoms with van der Waals surface area (Å²) in [7, 11) is 0. The van der Waals surface area contributed by atoms with Gasteiger partial charge in [0.1, 0.15) is 10.8 Å². The lowest BCUT2D eigenvalue weighted by atomic mass is 10.2. The minimum absolute atomic E-state index is 0.257. The summed E-state index contributed by atoms with van der Waals surface area (Å²) in [6.45, 7) is 2.55. The third kappa shape index (κ3) is 2.56. The van der Waals surface area contributed by atoms with Gasteiger partial charge in [-0.15, -0.1) is 11.3 Å². The summed E-state index contributed by atoms with van der Waals surface area (Å²) in [6, 6.07) is 4.62. The van der Waals surface area contributed by atoms with Crippen molar-refractivity contribution in [3.63, 3.8) is 0 Å². The number of aromatic nitrogens is 1. The first-order chi connectivity index (χ1) is 8.15. The minimum Gasteiger partial charge on any atom is -0.326 e. The lowest BCUT2D eigenvalue weighted by Crippen LogP contribution is -1.96. The van der Waals surface area contributed by atoms with Gasteiger partial charge in [0.2, 0.25) is 0 Å². The molecule has 0 aliphatic heterocycles. The van der Waals surface area contributed by atoms with Gasteiger partial charge in [0, 0.05) is 21.5 Å². The number of benzene rings is 1. The maximum Gasteiger partial charge on any atom is 0.125 e. The molecule has 0 atom stereocenters. The lowest BCUT2D eigenvalue weighted by Gasteiger charge is -1.99. The van der Waals surface area contributed by atoms with Crippen LogP contribution in [0.3, 0.4) is 0 Å². The first kappa shape index (κ1) is 12.7. The Labute approximate surface area is 112 Å². The molecule has 0 spiro atoms. The molecule has 1 aromatic heterocycles. The van der Waals surface area contributed by atoms with Gasteiger partial charge in [0.15, 0.2) is 0 Å². The van der Waals surface area contributed by atoms with Crippen molar-refractivity contribution in [2.45, 2.75) is 19.9 Å². The zero-order valence-electron chi connectivity index (χ0n) is 9.34. The fourth-order valence-corrected chi connectivity index (χ4v) is 3.34. The SMILES string of the molecule is CCc1nc(-c2ccc(F)cc2Br)sc1CN. The lowest BCUT2D eigenvalue weighted by molar-refractivity contribution is 0.627. The fourth-order valence-electron chi connectivity index (χ4n) is 1.60. The van der Waals surface area contributed by atoms with E-state index in [-0.39, 0.29) is 5.82 Å². The van der Waals surface area contributed by atoms with Crippen LogP contribution >= 0.6 is 27.3 Å². The van der Waals surface area contributed by atoms with E-state index < -0.39 is 0 Å². The molecule has 0 saturated heterocycles. The van der Waals surface area contributed by atoms with Crippen LogP contribution < -0.4 is 5.73 Å². The second kappa shape index (κ2) is 5.25. The van der Waals surface area contributed by atoms with Crippen LogP contribution in [0.1, 0.15) is 17.5 Å². The van der Waals surface area contributed by atoms with Gasteiger partial charge in [-0.2, -0.15) is 0 Å². The Morgan fingerprint density at radius 2 is 2.24 bits per heavy atom. The third-order valence-corrected chi connectivity index (χ3v) is 4.27. The van der Waals surface area contributed by atoms with E-state index in [0.29, 0.717) is 6.54 Å². The number of aryl methyl sites for hydroxylation is 1. The monoisotopic (exact) mass is 314 g/mol. The van der Waals surface area contributed by atoms with Crippen molar-refractivity contribution in [2.24, 2.45) is 5.73 Å². The average molecular weight is 315 g/mol. The molecule has 2 N–H and O–H groups in total. The number of hydrogen-bond donors (Lipinski definition) is 1. The molecule has 0 fully saturated rings. The number of rotatable bonds is 3. The molecule has 2 aromatic rings. The zero-order valence-corrected chi connectivity index (χ0v) is 11.7. The number of nitrogens with two attached hydrogens (primary N) is 1. The van der Waals surface area contributed by atoms with Crippen molar-refractivity contribution in [1.29, 1.82) is 0 Å². The molecule has 2 rings (SSSR count). The highest BCUT2D eigenvalue weighted by atomic mass is 79.9. The van der Waals surface area contributed by atoms with E-state index in [1.807, 2.05) is 0 Å². The van der Waals surface area contributed by atoms with Crippen LogP contribution in [0.2, 0.25) is 0 Å². The molecule has 0 aliphatic carbocycles. The Bertz CT molecular complexity index is 518. The topological polar surface area (TPSA) is 38.9 Å². The predicted octanol–water partition coefficient (Wildman–Crippen LogP) is 3.73. The number of hydrogen-bond acceptors (Lipinski definition) is 3. The molecule has 0 bridgehead atoms. The quantitative estimate of drug-likeness (QED) is 0.937. The van der Waals surface area contributed by atoms with Crippen LogP contribution in [-0.4, -0.2) is 4.98 Å². The smallest absolute Gasteiger partial charge is 0.125 e. The first-order valence-electron chi connectivity index (χ1n) is 5.29. The van der Waals surface area contributed by atoms with Gasteiger partial charge < -0.3 is 5.73 Å². The largest absolute Gasteiger partial charge is 0.326 e. The van der Waals surface area contributed by atoms with Crippen LogP contribution in [-0.2, 0) is 13.0 Å². The number of thiazole rings is 1. The maximum absolute atomic E-state index is 13.0. The molecule has 90 valence electrons. The summed E-state index contributed by atoms with van der Waals surface area (Å²) < 4.78 is 13.7. The average Bonchev–Trinajstić information content (AvgIpc) is 2.72. The van der Waals surface area contributed by atoms with Crippen molar-refractivity contribution in [2.75, 3.05) is 0 Å². The van der Waals surface area contributed by atoms with Crippen molar-refractivity contribution in [3.05, 3.63) is 39.1 Å². The highest BCUT2D eigenvalue weighted by Gasteiger charge is 2.12. The second-order valence-corrected chi connectivity index (χ2v) is 5.51. The van der Waals surface area contributed by atoms with E-state index in [2.05, 4.69) is 27.8 Å². The molecule has 0 amide bonds. The summed E-state index contributed by atoms with van der Waals surface area (Å²) in [5.41, 5.74) is 7.62. The van der Waals surface area contributed by atoms with E-state index in [0.717, 1.165) is 32.0 Å². The van der Waals surface area contributed by atoms with Crippen molar-refractivity contribution >= 4 is 27.3 Å². The Morgan fingerprint density at radius 1 is 1.47 bits per heavy atom. The molecule has 0 unspecified atom stereocenters. The molecular weight excluding hydrogens is 303 g/mol. The highest BCUT2D eigenvalue weighted by Crippen LogP contribution is 2.33. The standard InChI is InChI=1S/C12H12BrFN2S/c1-2-10-11(6-15)17-12(16-10)8-4-3-7(14)5-9(8)13/h3-5H,2,6,15H2,1H3. The zero-order chi connectivity index (χ0) is 12.4. The van der Waals surface area contributed by atoms with E-state index in [1.54, 1.807) is 17.4 Å². The fraction of sp³-hybridized carbons (Fsp3) is 0.250. The van der Waals surface area contributed by atoms with Gasteiger partial charge in [-0.05, 0) is 40.5 Å². The molecule has 0 saturated carbocycles. The van der Waals surface area contributed by atoms with E-state index in [4.69, 9.17) is 5.73 Å².